The molecule has 7 nitrogen and oxygen atoms in total. The van der Waals surface area contributed by atoms with Crippen LogP contribution >= 0.6 is 11.8 Å². The number of hydrogen-bond donors (Lipinski definition) is 2. The zero-order chi connectivity index (χ0) is 17.5. The van der Waals surface area contributed by atoms with Gasteiger partial charge < -0.3 is 10.1 Å². The zero-order valence-corrected chi connectivity index (χ0v) is 15.3. The third kappa shape index (κ3) is 5.47. The van der Waals surface area contributed by atoms with Gasteiger partial charge in [-0.15, -0.1) is 5.10 Å². The summed E-state index contributed by atoms with van der Waals surface area (Å²) >= 11 is 1.28. The molecule has 3 rings (SSSR count). The highest BCUT2D eigenvalue weighted by molar-refractivity contribution is 7.99. The molecule has 1 aromatic rings. The van der Waals surface area contributed by atoms with Crippen molar-refractivity contribution in [1.29, 1.82) is 0 Å². The van der Waals surface area contributed by atoms with Crippen LogP contribution in [0.5, 0.6) is 0 Å². The second-order valence-corrected chi connectivity index (χ2v) is 7.50. The summed E-state index contributed by atoms with van der Waals surface area (Å²) in [5, 5.41) is 9.99. The van der Waals surface area contributed by atoms with Gasteiger partial charge in [-0.05, 0) is 44.9 Å². The Labute approximate surface area is 151 Å². The van der Waals surface area contributed by atoms with Gasteiger partial charge in [0.1, 0.15) is 0 Å². The van der Waals surface area contributed by atoms with E-state index in [0.717, 1.165) is 32.3 Å². The van der Waals surface area contributed by atoms with Crippen LogP contribution in [0.25, 0.3) is 0 Å². The van der Waals surface area contributed by atoms with Gasteiger partial charge in [0.2, 0.25) is 5.91 Å². The van der Waals surface area contributed by atoms with Gasteiger partial charge >= 0.3 is 5.69 Å². The molecule has 1 aliphatic heterocycles. The van der Waals surface area contributed by atoms with E-state index in [1.807, 2.05) is 0 Å². The number of carbonyl (C=O) groups excluding carboxylic acids is 1. The lowest BCUT2D eigenvalue weighted by atomic mass is 9.97. The summed E-state index contributed by atoms with van der Waals surface area (Å²) in [5.41, 5.74) is 1.21. The van der Waals surface area contributed by atoms with E-state index >= 15 is 0 Å². The minimum absolute atomic E-state index is 0.0273. The van der Waals surface area contributed by atoms with Crippen LogP contribution in [0.3, 0.4) is 0 Å². The average molecular weight is 366 g/mol. The minimum Gasteiger partial charge on any atom is -0.376 e. The number of hydrogen-bond acceptors (Lipinski definition) is 5. The molecule has 1 aromatic heterocycles. The van der Waals surface area contributed by atoms with Gasteiger partial charge in [-0.1, -0.05) is 23.4 Å². The molecule has 0 saturated carbocycles. The molecule has 8 heteroatoms. The van der Waals surface area contributed by atoms with Crippen molar-refractivity contribution >= 4 is 17.7 Å². The Morgan fingerprint density at radius 3 is 3.12 bits per heavy atom. The van der Waals surface area contributed by atoms with Crippen LogP contribution in [0.1, 0.15) is 44.9 Å². The molecule has 0 radical (unpaired) electrons. The maximum Gasteiger partial charge on any atom is 0.344 e. The van der Waals surface area contributed by atoms with Crippen molar-refractivity contribution in [2.24, 2.45) is 0 Å². The van der Waals surface area contributed by atoms with Crippen molar-refractivity contribution in [3.8, 4) is 0 Å². The van der Waals surface area contributed by atoms with Crippen molar-refractivity contribution < 1.29 is 9.53 Å². The number of allylic oxidation sites excluding steroid dienone is 1. The Balaban J connectivity index is 1.42. The highest BCUT2D eigenvalue weighted by Crippen LogP contribution is 2.20. The van der Waals surface area contributed by atoms with E-state index in [0.29, 0.717) is 18.2 Å². The third-order valence-corrected chi connectivity index (χ3v) is 5.60. The van der Waals surface area contributed by atoms with E-state index in [1.54, 1.807) is 4.57 Å². The number of nitrogens with zero attached hydrogens (tertiary/aromatic N) is 2. The van der Waals surface area contributed by atoms with E-state index in [9.17, 15) is 9.59 Å². The number of H-pyrrole nitrogens is 1. The summed E-state index contributed by atoms with van der Waals surface area (Å²) in [4.78, 5) is 23.9. The Hall–Kier alpha value is -1.54. The summed E-state index contributed by atoms with van der Waals surface area (Å²) in [6.07, 6.45) is 10.2. The number of carbonyl (C=O) groups is 1. The number of rotatable bonds is 8. The number of aromatic amines is 1. The van der Waals surface area contributed by atoms with Crippen LogP contribution in [-0.2, 0) is 16.1 Å². The average Bonchev–Trinajstić information content (AvgIpc) is 3.25. The monoisotopic (exact) mass is 366 g/mol. The number of aromatic nitrogens is 3. The molecule has 2 N–H and O–H groups in total. The number of nitrogens with one attached hydrogen (secondary N) is 2. The SMILES string of the molecule is O=C(CSc1n[nH]c(=O)n1CC1CCCO1)NCCC1=CCCCC1. The summed E-state index contributed by atoms with van der Waals surface area (Å²) in [6.45, 7) is 1.92. The topological polar surface area (TPSA) is 89.0 Å². The summed E-state index contributed by atoms with van der Waals surface area (Å²) < 4.78 is 7.15. The van der Waals surface area contributed by atoms with E-state index < -0.39 is 0 Å². The second-order valence-electron chi connectivity index (χ2n) is 6.55. The van der Waals surface area contributed by atoms with Crippen LogP contribution < -0.4 is 11.0 Å². The highest BCUT2D eigenvalue weighted by Gasteiger charge is 2.20. The molecule has 0 spiro atoms. The van der Waals surface area contributed by atoms with Crippen LogP contribution in [0.15, 0.2) is 21.6 Å². The molecule has 138 valence electrons. The fourth-order valence-corrected chi connectivity index (χ4v) is 4.03. The molecular weight excluding hydrogens is 340 g/mol. The Morgan fingerprint density at radius 2 is 2.36 bits per heavy atom. The first-order chi connectivity index (χ1) is 12.2. The van der Waals surface area contributed by atoms with Crippen LogP contribution in [0, 0.1) is 0 Å². The summed E-state index contributed by atoms with van der Waals surface area (Å²) in [5.74, 6) is 0.232. The molecule has 0 bridgehead atoms. The quantitative estimate of drug-likeness (QED) is 0.541. The van der Waals surface area contributed by atoms with Gasteiger partial charge in [-0.25, -0.2) is 9.89 Å². The van der Waals surface area contributed by atoms with Crippen molar-refractivity contribution in [2.75, 3.05) is 18.9 Å². The normalized spacial score (nSPS) is 20.5. The summed E-state index contributed by atoms with van der Waals surface area (Å²) in [6, 6.07) is 0. The van der Waals surface area contributed by atoms with E-state index in [-0.39, 0.29) is 23.5 Å². The van der Waals surface area contributed by atoms with Crippen molar-refractivity contribution in [2.45, 2.75) is 62.8 Å². The van der Waals surface area contributed by atoms with Crippen molar-refractivity contribution in [3.63, 3.8) is 0 Å². The molecule has 25 heavy (non-hydrogen) atoms. The van der Waals surface area contributed by atoms with Gasteiger partial charge in [-0.2, -0.15) is 0 Å². The van der Waals surface area contributed by atoms with Crippen molar-refractivity contribution in [3.05, 3.63) is 22.1 Å². The molecule has 0 aromatic carbocycles. The first-order valence-electron chi connectivity index (χ1n) is 9.06. The third-order valence-electron chi connectivity index (χ3n) is 4.62. The lowest BCUT2D eigenvalue weighted by molar-refractivity contribution is -0.118. The van der Waals surface area contributed by atoms with Crippen molar-refractivity contribution in [1.82, 2.24) is 20.1 Å². The lowest BCUT2D eigenvalue weighted by Gasteiger charge is -2.13. The molecule has 1 amide bonds. The molecule has 2 aliphatic rings. The van der Waals surface area contributed by atoms with Gasteiger partial charge in [0.05, 0.1) is 18.4 Å². The standard InChI is InChI=1S/C17H26N4O3S/c22-15(18-9-8-13-5-2-1-3-6-13)12-25-17-20-19-16(23)21(17)11-14-7-4-10-24-14/h5,14H,1-4,6-12H2,(H,18,22)(H,19,23). The maximum absolute atomic E-state index is 12.0. The minimum atomic E-state index is -0.248. The van der Waals surface area contributed by atoms with Gasteiger partial charge in [0, 0.05) is 13.2 Å². The largest absolute Gasteiger partial charge is 0.376 e. The fraction of sp³-hybridized carbons (Fsp3) is 0.706. The first-order valence-corrected chi connectivity index (χ1v) is 10.0. The predicted molar refractivity (Wildman–Crippen MR) is 96.7 cm³/mol. The molecule has 1 saturated heterocycles. The molecule has 1 aliphatic carbocycles. The Morgan fingerprint density at radius 1 is 1.44 bits per heavy atom. The molecule has 1 fully saturated rings. The van der Waals surface area contributed by atoms with Crippen LogP contribution in [-0.4, -0.2) is 45.7 Å². The number of thioether (sulfide) groups is 1. The molecular formula is C17H26N4O3S. The first kappa shape index (κ1) is 18.3. The molecule has 1 unspecified atom stereocenters. The zero-order valence-electron chi connectivity index (χ0n) is 14.5. The molecule has 1 atom stereocenters. The second kappa shape index (κ2) is 9.24. The van der Waals surface area contributed by atoms with Crippen LogP contribution in [0.2, 0.25) is 0 Å². The van der Waals surface area contributed by atoms with Gasteiger partial charge in [-0.3, -0.25) is 9.36 Å². The maximum atomic E-state index is 12.0. The Kier molecular flexibility index (Phi) is 6.75. The van der Waals surface area contributed by atoms with E-state index in [1.165, 1.54) is 36.6 Å². The summed E-state index contributed by atoms with van der Waals surface area (Å²) in [7, 11) is 0. The smallest absolute Gasteiger partial charge is 0.344 e. The molecule has 2 heterocycles. The van der Waals surface area contributed by atoms with Crippen LogP contribution in [0.4, 0.5) is 0 Å². The Bertz CT molecular complexity index is 661. The van der Waals surface area contributed by atoms with Gasteiger partial charge in [0.25, 0.3) is 0 Å². The fourth-order valence-electron chi connectivity index (χ4n) is 3.24. The number of amides is 1. The predicted octanol–water partition coefficient (Wildman–Crippen LogP) is 1.85. The van der Waals surface area contributed by atoms with Gasteiger partial charge in [0.15, 0.2) is 5.16 Å². The van der Waals surface area contributed by atoms with E-state index in [4.69, 9.17) is 4.74 Å². The van der Waals surface area contributed by atoms with E-state index in [2.05, 4.69) is 21.6 Å². The lowest BCUT2D eigenvalue weighted by Crippen LogP contribution is -2.27. The highest BCUT2D eigenvalue weighted by atomic mass is 32.2. The number of ether oxygens (including phenoxy) is 1.